The van der Waals surface area contributed by atoms with Gasteiger partial charge in [0.2, 0.25) is 0 Å². The van der Waals surface area contributed by atoms with Crippen LogP contribution >= 0.6 is 8.15 Å². The maximum absolute atomic E-state index is 10.8. The first-order valence-corrected chi connectivity index (χ1v) is 6.04. The van der Waals surface area contributed by atoms with E-state index in [1.807, 2.05) is 0 Å². The Morgan fingerprint density at radius 3 is 2.36 bits per heavy atom. The van der Waals surface area contributed by atoms with Crippen LogP contribution in [0.5, 0.6) is 0 Å². The number of hydrogen-bond donors (Lipinski definition) is 2. The lowest BCUT2D eigenvalue weighted by Crippen LogP contribution is -2.07. The van der Waals surface area contributed by atoms with Gasteiger partial charge in [-0.3, -0.25) is 9.59 Å². The van der Waals surface area contributed by atoms with Crippen molar-refractivity contribution in [2.75, 3.05) is 18.9 Å². The molecule has 0 saturated heterocycles. The maximum Gasteiger partial charge on any atom is 0.306 e. The van der Waals surface area contributed by atoms with Crippen LogP contribution in [0.4, 0.5) is 0 Å². The zero-order chi connectivity index (χ0) is 11.0. The summed E-state index contributed by atoms with van der Waals surface area (Å²) < 4.78 is 4.66. The van der Waals surface area contributed by atoms with Gasteiger partial charge in [-0.05, 0) is 6.92 Å². The molecule has 0 bridgehead atoms. The Labute approximate surface area is 83.9 Å². The van der Waals surface area contributed by atoms with Crippen LogP contribution in [-0.2, 0) is 14.3 Å². The minimum Gasteiger partial charge on any atom is -0.481 e. The van der Waals surface area contributed by atoms with Crippen molar-refractivity contribution in [2.24, 2.45) is 0 Å². The second kappa shape index (κ2) is 7.71. The number of carbonyl (C=O) groups excluding carboxylic acids is 1. The third kappa shape index (κ3) is 7.95. The smallest absolute Gasteiger partial charge is 0.306 e. The first kappa shape index (κ1) is 13.3. The SMILES string of the molecule is CCOC(=O)CCP(O)CCC(=O)O. The van der Waals surface area contributed by atoms with Crippen LogP contribution in [0.25, 0.3) is 0 Å². The summed E-state index contributed by atoms with van der Waals surface area (Å²) in [5.41, 5.74) is 0. The largest absolute Gasteiger partial charge is 0.481 e. The molecule has 2 N–H and O–H groups in total. The molecule has 1 unspecified atom stereocenters. The van der Waals surface area contributed by atoms with Gasteiger partial charge >= 0.3 is 11.9 Å². The molecule has 14 heavy (non-hydrogen) atoms. The van der Waals surface area contributed by atoms with E-state index in [0.29, 0.717) is 12.8 Å². The van der Waals surface area contributed by atoms with Gasteiger partial charge in [0.1, 0.15) is 0 Å². The molecule has 0 saturated carbocycles. The van der Waals surface area contributed by atoms with Crippen LogP contribution in [0.1, 0.15) is 19.8 Å². The number of carboxylic acid groups (broad SMARTS) is 1. The van der Waals surface area contributed by atoms with Crippen molar-refractivity contribution in [3.05, 3.63) is 0 Å². The number of carboxylic acids is 1. The van der Waals surface area contributed by atoms with Crippen molar-refractivity contribution in [1.29, 1.82) is 0 Å². The van der Waals surface area contributed by atoms with Crippen LogP contribution in [0.15, 0.2) is 0 Å². The van der Waals surface area contributed by atoms with E-state index in [1.165, 1.54) is 0 Å². The van der Waals surface area contributed by atoms with Crippen molar-refractivity contribution in [3.63, 3.8) is 0 Å². The normalized spacial score (nSPS) is 12.1. The zero-order valence-corrected chi connectivity index (χ0v) is 9.00. The third-order valence-electron chi connectivity index (χ3n) is 1.46. The van der Waals surface area contributed by atoms with E-state index in [-0.39, 0.29) is 25.0 Å². The van der Waals surface area contributed by atoms with Crippen molar-refractivity contribution in [3.8, 4) is 0 Å². The fourth-order valence-corrected chi connectivity index (χ4v) is 1.90. The van der Waals surface area contributed by atoms with E-state index < -0.39 is 14.1 Å². The Hall–Kier alpha value is -0.670. The lowest BCUT2D eigenvalue weighted by Gasteiger charge is -2.07. The maximum atomic E-state index is 10.8. The quantitative estimate of drug-likeness (QED) is 0.491. The molecule has 5 nitrogen and oxygen atoms in total. The molecule has 0 aliphatic rings. The van der Waals surface area contributed by atoms with Gasteiger partial charge in [0.25, 0.3) is 0 Å². The average Bonchev–Trinajstić information content (AvgIpc) is 2.12. The molecule has 0 heterocycles. The number of aliphatic carboxylic acids is 1. The number of rotatable bonds is 7. The van der Waals surface area contributed by atoms with E-state index in [4.69, 9.17) is 5.11 Å². The van der Waals surface area contributed by atoms with Crippen LogP contribution in [-0.4, -0.2) is 40.9 Å². The summed E-state index contributed by atoms with van der Waals surface area (Å²) in [6.07, 6.45) is 0.673. The fraction of sp³-hybridized carbons (Fsp3) is 0.750. The molecule has 0 spiro atoms. The van der Waals surface area contributed by atoms with Crippen LogP contribution in [0, 0.1) is 0 Å². The van der Waals surface area contributed by atoms with Gasteiger partial charge in [-0.2, -0.15) is 0 Å². The minimum atomic E-state index is -1.34. The lowest BCUT2D eigenvalue weighted by atomic mass is 10.5. The molecule has 0 amide bonds. The zero-order valence-electron chi connectivity index (χ0n) is 8.10. The van der Waals surface area contributed by atoms with E-state index in [2.05, 4.69) is 4.74 Å². The summed E-state index contributed by atoms with van der Waals surface area (Å²) in [6.45, 7) is 2.04. The number of carbonyl (C=O) groups is 2. The van der Waals surface area contributed by atoms with Gasteiger partial charge < -0.3 is 14.7 Å². The van der Waals surface area contributed by atoms with Crippen molar-refractivity contribution in [1.82, 2.24) is 0 Å². The van der Waals surface area contributed by atoms with Gasteiger partial charge in [0, 0.05) is 20.5 Å². The molecule has 0 rings (SSSR count). The van der Waals surface area contributed by atoms with E-state index >= 15 is 0 Å². The van der Waals surface area contributed by atoms with Gasteiger partial charge in [0.05, 0.1) is 19.4 Å². The van der Waals surface area contributed by atoms with E-state index in [1.54, 1.807) is 6.92 Å². The molecule has 0 aromatic carbocycles. The summed E-state index contributed by atoms with van der Waals surface area (Å²) in [4.78, 5) is 30.3. The monoisotopic (exact) mass is 222 g/mol. The lowest BCUT2D eigenvalue weighted by molar-refractivity contribution is -0.142. The molecular weight excluding hydrogens is 207 g/mol. The highest BCUT2D eigenvalue weighted by Gasteiger charge is 2.10. The Balaban J connectivity index is 3.48. The highest BCUT2D eigenvalue weighted by molar-refractivity contribution is 7.51. The first-order chi connectivity index (χ1) is 6.56. The molecule has 82 valence electrons. The summed E-state index contributed by atoms with van der Waals surface area (Å²) in [7, 11) is -1.34. The predicted molar refractivity (Wildman–Crippen MR) is 52.4 cm³/mol. The second-order valence-corrected chi connectivity index (χ2v) is 4.56. The second-order valence-electron chi connectivity index (χ2n) is 2.65. The van der Waals surface area contributed by atoms with Crippen LogP contribution in [0.3, 0.4) is 0 Å². The fourth-order valence-electron chi connectivity index (χ4n) is 0.790. The summed E-state index contributed by atoms with van der Waals surface area (Å²) in [5.74, 6) is -1.27. The highest BCUT2D eigenvalue weighted by Crippen LogP contribution is 2.31. The summed E-state index contributed by atoms with van der Waals surface area (Å²) in [6, 6.07) is 0. The summed E-state index contributed by atoms with van der Waals surface area (Å²) >= 11 is 0. The summed E-state index contributed by atoms with van der Waals surface area (Å²) in [5, 5.41) is 8.33. The molecule has 0 aromatic rings. The molecule has 0 aliphatic carbocycles. The highest BCUT2D eigenvalue weighted by atomic mass is 31.1. The Kier molecular flexibility index (Phi) is 7.34. The molecule has 1 atom stereocenters. The number of hydrogen-bond acceptors (Lipinski definition) is 4. The van der Waals surface area contributed by atoms with Crippen LogP contribution in [0.2, 0.25) is 0 Å². The molecular formula is C8H15O5P. The van der Waals surface area contributed by atoms with E-state index in [0.717, 1.165) is 0 Å². The number of esters is 1. The minimum absolute atomic E-state index is 0.0506. The van der Waals surface area contributed by atoms with E-state index in [9.17, 15) is 14.5 Å². The van der Waals surface area contributed by atoms with Gasteiger partial charge in [-0.25, -0.2) is 0 Å². The predicted octanol–water partition coefficient (Wildman–Crippen LogP) is 0.804. The van der Waals surface area contributed by atoms with Crippen molar-refractivity contribution in [2.45, 2.75) is 19.8 Å². The molecule has 6 heteroatoms. The van der Waals surface area contributed by atoms with Gasteiger partial charge in [0.15, 0.2) is 0 Å². The van der Waals surface area contributed by atoms with Crippen LogP contribution < -0.4 is 0 Å². The third-order valence-corrected chi connectivity index (χ3v) is 2.94. The van der Waals surface area contributed by atoms with Crippen molar-refractivity contribution < 1.29 is 24.3 Å². The first-order valence-electron chi connectivity index (χ1n) is 4.37. The Bertz CT molecular complexity index is 194. The average molecular weight is 222 g/mol. The molecule has 0 fully saturated rings. The van der Waals surface area contributed by atoms with Crippen molar-refractivity contribution >= 4 is 20.1 Å². The number of ether oxygens (including phenoxy) is 1. The standard InChI is InChI=1S/C8H15O5P/c1-2-13-8(11)4-6-14(12)5-3-7(9)10/h12H,2-6H2,1H3,(H,9,10). The molecule has 0 radical (unpaired) electrons. The molecule has 0 aliphatic heterocycles. The molecule has 0 aromatic heterocycles. The van der Waals surface area contributed by atoms with Gasteiger partial charge in [-0.1, -0.05) is 0 Å². The topological polar surface area (TPSA) is 83.8 Å². The Morgan fingerprint density at radius 2 is 1.86 bits per heavy atom. The van der Waals surface area contributed by atoms with Gasteiger partial charge in [-0.15, -0.1) is 0 Å². The Morgan fingerprint density at radius 1 is 1.29 bits per heavy atom.